The molecular weight excluding hydrogens is 536 g/mol. The Hall–Kier alpha value is -4.26. The zero-order chi connectivity index (χ0) is 28.8. The monoisotopic (exact) mass is 556 g/mol. The zero-order valence-electron chi connectivity index (χ0n) is 19.8. The number of nitrogens with two attached hydrogens (primary N) is 1. The number of rotatable bonds is 4. The number of nitrogens with one attached hydrogen (secondary N) is 2. The van der Waals surface area contributed by atoms with Gasteiger partial charge in [0.15, 0.2) is 0 Å². The van der Waals surface area contributed by atoms with Crippen molar-refractivity contribution in [3.8, 4) is 0 Å². The molecule has 3 aromatic carbocycles. The van der Waals surface area contributed by atoms with E-state index in [0.717, 1.165) is 35.0 Å². The van der Waals surface area contributed by atoms with Crippen molar-refractivity contribution in [3.05, 3.63) is 107 Å². The molecule has 4 rings (SSSR count). The van der Waals surface area contributed by atoms with Crippen LogP contribution in [0.4, 0.5) is 45.6 Å². The second kappa shape index (κ2) is 12.1. The molecule has 0 aliphatic heterocycles. The number of aromatic nitrogens is 1. The second-order valence-corrected chi connectivity index (χ2v) is 8.11. The molecule has 1 aromatic heterocycles. The van der Waals surface area contributed by atoms with Crippen molar-refractivity contribution in [2.24, 2.45) is 5.73 Å². The number of fused-ring (bicyclic) bond motifs is 1. The normalized spacial score (nSPS) is 11.5. The van der Waals surface area contributed by atoms with Crippen LogP contribution in [0.25, 0.3) is 10.8 Å². The number of pyridine rings is 1. The number of alkyl halides is 6. The number of benzene rings is 3. The highest BCUT2D eigenvalue weighted by Gasteiger charge is 2.32. The van der Waals surface area contributed by atoms with Crippen LogP contribution in [0.2, 0.25) is 0 Å². The van der Waals surface area contributed by atoms with E-state index in [2.05, 4.69) is 15.6 Å². The number of carbonyl (C=O) groups excluding carboxylic acids is 1. The van der Waals surface area contributed by atoms with Gasteiger partial charge in [-0.3, -0.25) is 4.98 Å². The Labute approximate surface area is 216 Å². The molecule has 0 atom stereocenters. The van der Waals surface area contributed by atoms with Gasteiger partial charge in [-0.15, -0.1) is 0 Å². The summed E-state index contributed by atoms with van der Waals surface area (Å²) in [6, 6.07) is 10.8. The predicted molar refractivity (Wildman–Crippen MR) is 128 cm³/mol. The topological polar surface area (TPSA) is 80.0 Å². The fourth-order valence-corrected chi connectivity index (χ4v) is 3.43. The quantitative estimate of drug-likeness (QED) is 0.237. The van der Waals surface area contributed by atoms with E-state index in [4.69, 9.17) is 5.73 Å². The summed E-state index contributed by atoms with van der Waals surface area (Å²) < 4.78 is 100. The summed E-state index contributed by atoms with van der Waals surface area (Å²) in [6.45, 7) is -0.361. The first-order valence-electron chi connectivity index (χ1n) is 11.1. The van der Waals surface area contributed by atoms with Crippen LogP contribution in [0.3, 0.4) is 0 Å². The van der Waals surface area contributed by atoms with Crippen molar-refractivity contribution < 1.29 is 39.9 Å². The third-order valence-corrected chi connectivity index (χ3v) is 5.19. The largest absolute Gasteiger partial charge is 0.416 e. The Morgan fingerprint density at radius 2 is 1.41 bits per heavy atom. The lowest BCUT2D eigenvalue weighted by Gasteiger charge is -2.12. The minimum Gasteiger partial charge on any atom is -0.334 e. The van der Waals surface area contributed by atoms with E-state index in [1.165, 1.54) is 0 Å². The van der Waals surface area contributed by atoms with Crippen molar-refractivity contribution in [2.75, 3.05) is 5.32 Å². The van der Waals surface area contributed by atoms with Crippen molar-refractivity contribution in [1.82, 2.24) is 10.3 Å². The lowest BCUT2D eigenvalue weighted by atomic mass is 10.1. The number of halogens is 8. The maximum atomic E-state index is 13.4. The fraction of sp³-hybridized carbons (Fsp3) is 0.154. The molecule has 2 amide bonds. The molecule has 13 heteroatoms. The molecule has 5 nitrogen and oxygen atoms in total. The summed E-state index contributed by atoms with van der Waals surface area (Å²) in [7, 11) is 0. The first-order chi connectivity index (χ1) is 18.3. The molecule has 4 aromatic rings. The maximum absolute atomic E-state index is 13.4. The summed E-state index contributed by atoms with van der Waals surface area (Å²) in [5.74, 6) is -1.94. The van der Waals surface area contributed by atoms with Crippen LogP contribution in [-0.2, 0) is 25.4 Å². The molecule has 0 aliphatic rings. The molecule has 1 heterocycles. The molecule has 0 fully saturated rings. The van der Waals surface area contributed by atoms with Crippen LogP contribution >= 0.6 is 0 Å². The zero-order valence-corrected chi connectivity index (χ0v) is 19.8. The highest BCUT2D eigenvalue weighted by atomic mass is 19.4. The van der Waals surface area contributed by atoms with Crippen LogP contribution in [0.1, 0.15) is 22.3 Å². The Kier molecular flexibility index (Phi) is 9.07. The standard InChI is InChI=1S/C18H13F4N3O.C8H7F4N/c19-14-7-11(6-13(8-14)18(20,21)22)9-24-17(26)25-16-3-1-2-12-10-23-5-4-15(12)16;9-7-2-5(4-13)1-6(3-7)8(10,11)12/h1-8,10H,9H2,(H2,24,25,26);1-3H,4,13H2. The third-order valence-electron chi connectivity index (χ3n) is 5.19. The number of hydrogen-bond acceptors (Lipinski definition) is 3. The SMILES string of the molecule is NCc1cc(F)cc(C(F)(F)F)c1.O=C(NCc1cc(F)cc(C(F)(F)F)c1)Nc1cccc2cnccc12. The number of anilines is 1. The second-order valence-electron chi connectivity index (χ2n) is 8.11. The maximum Gasteiger partial charge on any atom is 0.416 e. The number of urea groups is 1. The number of nitrogens with zero attached hydrogens (tertiary/aromatic N) is 1. The minimum absolute atomic E-state index is 0.00888. The molecular formula is C26H20F8N4O. The van der Waals surface area contributed by atoms with Crippen molar-refractivity contribution in [1.29, 1.82) is 0 Å². The van der Waals surface area contributed by atoms with Crippen LogP contribution in [0.15, 0.2) is 73.1 Å². The van der Waals surface area contributed by atoms with Gasteiger partial charge < -0.3 is 16.4 Å². The van der Waals surface area contributed by atoms with Gasteiger partial charge in [-0.25, -0.2) is 13.6 Å². The minimum atomic E-state index is -4.66. The van der Waals surface area contributed by atoms with Crippen molar-refractivity contribution in [2.45, 2.75) is 25.4 Å². The molecule has 0 spiro atoms. The van der Waals surface area contributed by atoms with Crippen molar-refractivity contribution in [3.63, 3.8) is 0 Å². The summed E-state index contributed by atoms with van der Waals surface area (Å²) >= 11 is 0. The van der Waals surface area contributed by atoms with Gasteiger partial charge in [0.2, 0.25) is 0 Å². The van der Waals surface area contributed by atoms with Gasteiger partial charge in [0.25, 0.3) is 0 Å². The summed E-state index contributed by atoms with van der Waals surface area (Å²) in [4.78, 5) is 16.0. The van der Waals surface area contributed by atoms with E-state index >= 15 is 0 Å². The van der Waals surface area contributed by atoms with Gasteiger partial charge in [-0.2, -0.15) is 26.3 Å². The Balaban J connectivity index is 0.000000272. The number of hydrogen-bond donors (Lipinski definition) is 3. The van der Waals surface area contributed by atoms with E-state index in [1.54, 1.807) is 30.6 Å². The molecule has 0 radical (unpaired) electrons. The van der Waals surface area contributed by atoms with E-state index in [9.17, 15) is 39.9 Å². The van der Waals surface area contributed by atoms with Crippen LogP contribution in [-0.4, -0.2) is 11.0 Å². The number of amides is 2. The van der Waals surface area contributed by atoms with Crippen LogP contribution in [0.5, 0.6) is 0 Å². The Morgan fingerprint density at radius 1 is 0.821 bits per heavy atom. The van der Waals surface area contributed by atoms with E-state index < -0.39 is 41.1 Å². The van der Waals surface area contributed by atoms with E-state index in [0.29, 0.717) is 17.8 Å². The van der Waals surface area contributed by atoms with Crippen LogP contribution in [0, 0.1) is 11.6 Å². The molecule has 206 valence electrons. The van der Waals surface area contributed by atoms with E-state index in [-0.39, 0.29) is 24.2 Å². The van der Waals surface area contributed by atoms with Gasteiger partial charge >= 0.3 is 18.4 Å². The summed E-state index contributed by atoms with van der Waals surface area (Å²) in [5, 5.41) is 6.63. The van der Waals surface area contributed by atoms with E-state index in [1.807, 2.05) is 6.07 Å². The molecule has 0 aliphatic carbocycles. The molecule has 4 N–H and O–H groups in total. The lowest BCUT2D eigenvalue weighted by Crippen LogP contribution is -2.28. The van der Waals surface area contributed by atoms with Gasteiger partial charge in [0.1, 0.15) is 11.6 Å². The lowest BCUT2D eigenvalue weighted by molar-refractivity contribution is -0.138. The van der Waals surface area contributed by atoms with Crippen LogP contribution < -0.4 is 16.4 Å². The predicted octanol–water partition coefficient (Wildman–Crippen LogP) is 7.02. The average molecular weight is 556 g/mol. The smallest absolute Gasteiger partial charge is 0.334 e. The Morgan fingerprint density at radius 3 is 2.00 bits per heavy atom. The molecule has 0 saturated heterocycles. The van der Waals surface area contributed by atoms with Gasteiger partial charge in [0.05, 0.1) is 16.8 Å². The van der Waals surface area contributed by atoms with Gasteiger partial charge in [0, 0.05) is 36.3 Å². The molecule has 0 bridgehead atoms. The number of carbonyl (C=O) groups is 1. The van der Waals surface area contributed by atoms with Gasteiger partial charge in [-0.1, -0.05) is 12.1 Å². The summed E-state index contributed by atoms with van der Waals surface area (Å²) in [6.07, 6.45) is -5.96. The molecule has 39 heavy (non-hydrogen) atoms. The summed E-state index contributed by atoms with van der Waals surface area (Å²) in [5.41, 5.74) is 3.66. The first-order valence-corrected chi connectivity index (χ1v) is 11.1. The fourth-order valence-electron chi connectivity index (χ4n) is 3.43. The third kappa shape index (κ3) is 8.37. The van der Waals surface area contributed by atoms with Gasteiger partial charge in [-0.05, 0) is 59.7 Å². The average Bonchev–Trinajstić information content (AvgIpc) is 2.86. The highest BCUT2D eigenvalue weighted by Crippen LogP contribution is 2.31. The Bertz CT molecular complexity index is 1450. The first kappa shape index (κ1) is 29.3. The molecule has 0 unspecified atom stereocenters. The molecule has 0 saturated carbocycles. The van der Waals surface area contributed by atoms with Crippen molar-refractivity contribution >= 4 is 22.5 Å². The highest BCUT2D eigenvalue weighted by molar-refractivity contribution is 6.01.